The summed E-state index contributed by atoms with van der Waals surface area (Å²) in [5.74, 6) is 0.835. The van der Waals surface area contributed by atoms with E-state index >= 15 is 0 Å². The predicted octanol–water partition coefficient (Wildman–Crippen LogP) is 2.62. The zero-order valence-electron chi connectivity index (χ0n) is 18.5. The molecule has 10 heteroatoms. The standard InChI is InChI=1S/C23H25N7O3/c1-2-33-23(31)29-6-4-17-19(14-29)30-13-18(16-11-15-3-5-24-20(15)25-12-16)27-21(22(30)26-17)28-7-9-32-10-8-28/h3,5,11-13H,2,4,6-10,14H2,1H3,(H,24,25). The molecular weight excluding hydrogens is 422 g/mol. The van der Waals surface area contributed by atoms with E-state index in [1.54, 1.807) is 4.90 Å². The fraction of sp³-hybridized carbons (Fsp3) is 0.391. The van der Waals surface area contributed by atoms with E-state index in [0.29, 0.717) is 39.3 Å². The summed E-state index contributed by atoms with van der Waals surface area (Å²) in [4.78, 5) is 34.1. The Hall–Kier alpha value is -3.66. The number of H-pyrrole nitrogens is 1. The normalized spacial score (nSPS) is 16.4. The van der Waals surface area contributed by atoms with Gasteiger partial charge in [0.1, 0.15) is 5.65 Å². The van der Waals surface area contributed by atoms with Gasteiger partial charge in [0.15, 0.2) is 11.5 Å². The van der Waals surface area contributed by atoms with E-state index < -0.39 is 0 Å². The molecule has 0 radical (unpaired) electrons. The summed E-state index contributed by atoms with van der Waals surface area (Å²) in [6, 6.07) is 4.09. The SMILES string of the molecule is CCOC(=O)N1CCc2nc3c(N4CCOCC4)nc(-c4cnc5[nH]ccc5c4)cn3c2C1. The van der Waals surface area contributed by atoms with Crippen LogP contribution in [0.4, 0.5) is 10.6 Å². The first-order valence-electron chi connectivity index (χ1n) is 11.3. The molecule has 0 aromatic carbocycles. The predicted molar refractivity (Wildman–Crippen MR) is 122 cm³/mol. The van der Waals surface area contributed by atoms with Crippen molar-refractivity contribution in [3.8, 4) is 11.3 Å². The van der Waals surface area contributed by atoms with Crippen molar-refractivity contribution >= 4 is 28.6 Å². The van der Waals surface area contributed by atoms with Crippen molar-refractivity contribution in [3.63, 3.8) is 0 Å². The molecule has 4 aromatic heterocycles. The highest BCUT2D eigenvalue weighted by Crippen LogP contribution is 2.30. The van der Waals surface area contributed by atoms with E-state index in [2.05, 4.69) is 25.3 Å². The number of carbonyl (C=O) groups is 1. The molecule has 1 N–H and O–H groups in total. The van der Waals surface area contributed by atoms with Gasteiger partial charge >= 0.3 is 6.09 Å². The summed E-state index contributed by atoms with van der Waals surface area (Å²) in [5, 5.41) is 1.03. The lowest BCUT2D eigenvalue weighted by Crippen LogP contribution is -2.37. The van der Waals surface area contributed by atoms with E-state index in [4.69, 9.17) is 19.4 Å². The first-order valence-corrected chi connectivity index (χ1v) is 11.3. The van der Waals surface area contributed by atoms with E-state index in [-0.39, 0.29) is 6.09 Å². The maximum absolute atomic E-state index is 12.4. The minimum atomic E-state index is -0.289. The number of morpholine rings is 1. The summed E-state index contributed by atoms with van der Waals surface area (Å²) in [6.45, 7) is 6.06. The van der Waals surface area contributed by atoms with E-state index in [1.807, 2.05) is 31.6 Å². The maximum Gasteiger partial charge on any atom is 0.410 e. The number of rotatable bonds is 3. The lowest BCUT2D eigenvalue weighted by atomic mass is 10.1. The van der Waals surface area contributed by atoms with E-state index in [0.717, 1.165) is 58.2 Å². The lowest BCUT2D eigenvalue weighted by Gasteiger charge is -2.28. The van der Waals surface area contributed by atoms with Crippen molar-refractivity contribution in [1.29, 1.82) is 0 Å². The van der Waals surface area contributed by atoms with Gasteiger partial charge in [0.25, 0.3) is 0 Å². The number of pyridine rings is 1. The molecule has 6 rings (SSSR count). The van der Waals surface area contributed by atoms with Crippen molar-refractivity contribution in [2.45, 2.75) is 19.9 Å². The Labute approximate surface area is 190 Å². The van der Waals surface area contributed by atoms with Crippen LogP contribution in [0.3, 0.4) is 0 Å². The molecule has 1 saturated heterocycles. The molecule has 33 heavy (non-hydrogen) atoms. The number of fused-ring (bicyclic) bond motifs is 4. The molecule has 10 nitrogen and oxygen atoms in total. The zero-order chi connectivity index (χ0) is 22.4. The Kier molecular flexibility index (Phi) is 4.87. The van der Waals surface area contributed by atoms with Gasteiger partial charge in [0.2, 0.25) is 0 Å². The highest BCUT2D eigenvalue weighted by molar-refractivity contribution is 5.81. The Bertz CT molecular complexity index is 1340. The van der Waals surface area contributed by atoms with Crippen LogP contribution in [-0.2, 0) is 22.4 Å². The van der Waals surface area contributed by atoms with Crippen LogP contribution in [0, 0.1) is 0 Å². The molecule has 0 saturated carbocycles. The maximum atomic E-state index is 12.4. The van der Waals surface area contributed by atoms with Crippen molar-refractivity contribution < 1.29 is 14.3 Å². The molecule has 0 aliphatic carbocycles. The number of carbonyl (C=O) groups excluding carboxylic acids is 1. The summed E-state index contributed by atoms with van der Waals surface area (Å²) >= 11 is 0. The molecule has 2 aliphatic heterocycles. The third kappa shape index (κ3) is 3.46. The zero-order valence-corrected chi connectivity index (χ0v) is 18.5. The highest BCUT2D eigenvalue weighted by Gasteiger charge is 2.28. The second-order valence-electron chi connectivity index (χ2n) is 8.26. The van der Waals surface area contributed by atoms with Gasteiger partial charge in [-0.25, -0.2) is 19.7 Å². The molecule has 0 bridgehead atoms. The third-order valence-corrected chi connectivity index (χ3v) is 6.26. The lowest BCUT2D eigenvalue weighted by molar-refractivity contribution is 0.102. The number of hydrogen-bond acceptors (Lipinski definition) is 7. The van der Waals surface area contributed by atoms with Crippen LogP contribution in [0.5, 0.6) is 0 Å². The quantitative estimate of drug-likeness (QED) is 0.515. The smallest absolute Gasteiger partial charge is 0.410 e. The average molecular weight is 447 g/mol. The Morgan fingerprint density at radius 1 is 1.24 bits per heavy atom. The number of ether oxygens (including phenoxy) is 2. The fourth-order valence-corrected chi connectivity index (χ4v) is 4.57. The van der Waals surface area contributed by atoms with Crippen molar-refractivity contribution in [2.24, 2.45) is 0 Å². The number of hydrogen-bond donors (Lipinski definition) is 1. The van der Waals surface area contributed by atoms with E-state index in [9.17, 15) is 4.79 Å². The van der Waals surface area contributed by atoms with Gasteiger partial charge in [0.05, 0.1) is 43.4 Å². The van der Waals surface area contributed by atoms with Crippen LogP contribution in [-0.4, -0.2) is 74.8 Å². The Morgan fingerprint density at radius 3 is 2.97 bits per heavy atom. The van der Waals surface area contributed by atoms with Gasteiger partial charge in [-0.3, -0.25) is 4.40 Å². The first-order chi connectivity index (χ1) is 16.2. The van der Waals surface area contributed by atoms with Gasteiger partial charge in [-0.1, -0.05) is 0 Å². The summed E-state index contributed by atoms with van der Waals surface area (Å²) in [6.07, 6.45) is 6.13. The van der Waals surface area contributed by atoms with Gasteiger partial charge < -0.3 is 24.3 Å². The molecule has 170 valence electrons. The first kappa shape index (κ1) is 20.0. The number of imidazole rings is 1. The number of anilines is 1. The van der Waals surface area contributed by atoms with Crippen molar-refractivity contribution in [1.82, 2.24) is 29.2 Å². The van der Waals surface area contributed by atoms with Crippen LogP contribution in [0.15, 0.2) is 30.7 Å². The second-order valence-corrected chi connectivity index (χ2v) is 8.26. The molecule has 1 amide bonds. The molecule has 0 unspecified atom stereocenters. The molecule has 0 atom stereocenters. The molecule has 6 heterocycles. The fourth-order valence-electron chi connectivity index (χ4n) is 4.57. The number of nitrogens with one attached hydrogen (secondary N) is 1. The topological polar surface area (TPSA) is 101 Å². The molecule has 2 aliphatic rings. The number of aromatic nitrogens is 5. The van der Waals surface area contributed by atoms with Gasteiger partial charge in [-0.05, 0) is 19.1 Å². The molecular formula is C23H25N7O3. The number of nitrogens with zero attached hydrogens (tertiary/aromatic N) is 6. The summed E-state index contributed by atoms with van der Waals surface area (Å²) < 4.78 is 12.9. The van der Waals surface area contributed by atoms with Crippen LogP contribution in [0.25, 0.3) is 27.9 Å². The Balaban J connectivity index is 1.50. The van der Waals surface area contributed by atoms with Crippen LogP contribution in [0.1, 0.15) is 18.3 Å². The number of amides is 1. The largest absolute Gasteiger partial charge is 0.450 e. The highest BCUT2D eigenvalue weighted by atomic mass is 16.6. The van der Waals surface area contributed by atoms with E-state index in [1.165, 1.54) is 0 Å². The number of aromatic amines is 1. The van der Waals surface area contributed by atoms with Crippen LogP contribution < -0.4 is 4.90 Å². The third-order valence-electron chi connectivity index (χ3n) is 6.26. The molecule has 4 aromatic rings. The monoisotopic (exact) mass is 447 g/mol. The second kappa shape index (κ2) is 8.04. The van der Waals surface area contributed by atoms with Crippen molar-refractivity contribution in [2.75, 3.05) is 44.4 Å². The van der Waals surface area contributed by atoms with Crippen molar-refractivity contribution in [3.05, 3.63) is 42.1 Å². The Morgan fingerprint density at radius 2 is 2.12 bits per heavy atom. The molecule has 1 fully saturated rings. The van der Waals surface area contributed by atoms with Crippen LogP contribution in [0.2, 0.25) is 0 Å². The summed E-state index contributed by atoms with van der Waals surface area (Å²) in [5.41, 5.74) is 5.40. The minimum absolute atomic E-state index is 0.289. The average Bonchev–Trinajstić information content (AvgIpc) is 3.47. The minimum Gasteiger partial charge on any atom is -0.450 e. The van der Waals surface area contributed by atoms with Gasteiger partial charge in [-0.2, -0.15) is 0 Å². The van der Waals surface area contributed by atoms with Gasteiger partial charge in [-0.15, -0.1) is 0 Å². The molecule has 0 spiro atoms. The summed E-state index contributed by atoms with van der Waals surface area (Å²) in [7, 11) is 0. The van der Waals surface area contributed by atoms with Crippen LogP contribution >= 0.6 is 0 Å². The van der Waals surface area contributed by atoms with Gasteiger partial charge in [0, 0.05) is 55.6 Å².